The topological polar surface area (TPSA) is 37.3 Å². The molecular formula is C9H14O2. The number of carbonyl (C=O) groups excluding carboxylic acids is 1. The van der Waals surface area contributed by atoms with Crippen molar-refractivity contribution in [3.05, 3.63) is 0 Å². The van der Waals surface area contributed by atoms with Gasteiger partial charge in [0.05, 0.1) is 0 Å². The predicted octanol–water partition coefficient (Wildman–Crippen LogP) is 0.840. The Labute approximate surface area is 66.6 Å². The molecule has 0 aromatic rings. The van der Waals surface area contributed by atoms with Crippen LogP contribution in [0.5, 0.6) is 0 Å². The standard InChI is InChI=1S/C9H14O2/c1-5-7-2-6(3-9(7)11)8(5)4-10/h5-8,10H,2-4H2,1H3/t5-,6-,7-,8-/m1/s1. The van der Waals surface area contributed by atoms with E-state index >= 15 is 0 Å². The van der Waals surface area contributed by atoms with Crippen LogP contribution in [0.1, 0.15) is 19.8 Å². The third-order valence-corrected chi connectivity index (χ3v) is 3.56. The van der Waals surface area contributed by atoms with Gasteiger partial charge in [-0.05, 0) is 24.2 Å². The molecule has 2 saturated carbocycles. The second kappa shape index (κ2) is 2.31. The summed E-state index contributed by atoms with van der Waals surface area (Å²) in [5, 5.41) is 9.03. The van der Waals surface area contributed by atoms with Gasteiger partial charge >= 0.3 is 0 Å². The number of aliphatic hydroxyl groups excluding tert-OH is 1. The maximum Gasteiger partial charge on any atom is 0.136 e. The highest BCUT2D eigenvalue weighted by molar-refractivity contribution is 5.84. The van der Waals surface area contributed by atoms with Crippen molar-refractivity contribution in [2.45, 2.75) is 19.8 Å². The third-order valence-electron chi connectivity index (χ3n) is 3.56. The molecule has 0 saturated heterocycles. The smallest absolute Gasteiger partial charge is 0.136 e. The summed E-state index contributed by atoms with van der Waals surface area (Å²) in [6.07, 6.45) is 1.78. The zero-order chi connectivity index (χ0) is 8.01. The lowest BCUT2D eigenvalue weighted by Gasteiger charge is -2.25. The first-order valence-electron chi connectivity index (χ1n) is 4.37. The lowest BCUT2D eigenvalue weighted by Crippen LogP contribution is -2.28. The molecule has 2 heteroatoms. The van der Waals surface area contributed by atoms with Gasteiger partial charge in [-0.3, -0.25) is 4.79 Å². The quantitative estimate of drug-likeness (QED) is 0.607. The number of hydrogen-bond acceptors (Lipinski definition) is 2. The highest BCUT2D eigenvalue weighted by Gasteiger charge is 2.49. The summed E-state index contributed by atoms with van der Waals surface area (Å²) in [6.45, 7) is 2.37. The molecule has 0 unspecified atom stereocenters. The van der Waals surface area contributed by atoms with Crippen LogP contribution in [0.2, 0.25) is 0 Å². The van der Waals surface area contributed by atoms with E-state index in [-0.39, 0.29) is 12.5 Å². The number of fused-ring (bicyclic) bond motifs is 2. The van der Waals surface area contributed by atoms with E-state index in [0.29, 0.717) is 23.5 Å². The van der Waals surface area contributed by atoms with Crippen LogP contribution in [-0.2, 0) is 4.79 Å². The van der Waals surface area contributed by atoms with Gasteiger partial charge in [0.2, 0.25) is 0 Å². The second-order valence-electron chi connectivity index (χ2n) is 3.98. The Kier molecular flexibility index (Phi) is 1.53. The molecule has 2 aliphatic carbocycles. The maximum absolute atomic E-state index is 11.2. The summed E-state index contributed by atoms with van der Waals surface area (Å²) < 4.78 is 0. The molecule has 2 aliphatic rings. The van der Waals surface area contributed by atoms with Gasteiger partial charge < -0.3 is 5.11 Å². The van der Waals surface area contributed by atoms with Gasteiger partial charge in [0, 0.05) is 18.9 Å². The molecule has 2 fully saturated rings. The summed E-state index contributed by atoms with van der Waals surface area (Å²) in [7, 11) is 0. The first-order valence-corrected chi connectivity index (χ1v) is 4.37. The van der Waals surface area contributed by atoms with Gasteiger partial charge in [-0.25, -0.2) is 0 Å². The highest BCUT2D eigenvalue weighted by atomic mass is 16.3. The summed E-state index contributed by atoms with van der Waals surface area (Å²) >= 11 is 0. The van der Waals surface area contributed by atoms with Crippen LogP contribution in [0.4, 0.5) is 0 Å². The van der Waals surface area contributed by atoms with Crippen molar-refractivity contribution in [2.24, 2.45) is 23.7 Å². The Morgan fingerprint density at radius 3 is 2.82 bits per heavy atom. The summed E-state index contributed by atoms with van der Waals surface area (Å²) in [4.78, 5) is 11.2. The van der Waals surface area contributed by atoms with Crippen LogP contribution in [0.3, 0.4) is 0 Å². The lowest BCUT2D eigenvalue weighted by molar-refractivity contribution is -0.124. The normalized spacial score (nSPS) is 48.7. The van der Waals surface area contributed by atoms with Crippen molar-refractivity contribution in [2.75, 3.05) is 6.61 Å². The molecule has 0 amide bonds. The average Bonchev–Trinajstić information content (AvgIpc) is 2.44. The van der Waals surface area contributed by atoms with E-state index in [1.165, 1.54) is 0 Å². The van der Waals surface area contributed by atoms with Gasteiger partial charge in [0.15, 0.2) is 0 Å². The third kappa shape index (κ3) is 0.853. The van der Waals surface area contributed by atoms with Crippen molar-refractivity contribution in [3.8, 4) is 0 Å². The van der Waals surface area contributed by atoms with Crippen molar-refractivity contribution in [1.82, 2.24) is 0 Å². The van der Waals surface area contributed by atoms with Gasteiger partial charge in [-0.15, -0.1) is 0 Å². The van der Waals surface area contributed by atoms with E-state index in [1.807, 2.05) is 0 Å². The van der Waals surface area contributed by atoms with Crippen molar-refractivity contribution in [1.29, 1.82) is 0 Å². The number of Topliss-reactive ketones (excluding diaryl/α,β-unsaturated/α-hetero) is 1. The molecule has 2 bridgehead atoms. The average molecular weight is 154 g/mol. The fraction of sp³-hybridized carbons (Fsp3) is 0.889. The van der Waals surface area contributed by atoms with Gasteiger partial charge in [-0.1, -0.05) is 6.92 Å². The zero-order valence-corrected chi connectivity index (χ0v) is 6.79. The Morgan fingerprint density at radius 2 is 2.36 bits per heavy atom. The Hall–Kier alpha value is -0.370. The molecule has 11 heavy (non-hydrogen) atoms. The maximum atomic E-state index is 11.2. The fourth-order valence-corrected chi connectivity index (χ4v) is 2.83. The molecule has 62 valence electrons. The minimum absolute atomic E-state index is 0.273. The summed E-state index contributed by atoms with van der Waals surface area (Å²) in [5.74, 6) is 2.08. The summed E-state index contributed by atoms with van der Waals surface area (Å²) in [5.41, 5.74) is 0. The van der Waals surface area contributed by atoms with Gasteiger partial charge in [-0.2, -0.15) is 0 Å². The molecule has 0 aliphatic heterocycles. The van der Waals surface area contributed by atoms with E-state index < -0.39 is 0 Å². The number of aliphatic hydroxyl groups is 1. The van der Waals surface area contributed by atoms with Crippen molar-refractivity contribution < 1.29 is 9.90 Å². The Bertz CT molecular complexity index is 186. The predicted molar refractivity (Wildman–Crippen MR) is 41.0 cm³/mol. The zero-order valence-electron chi connectivity index (χ0n) is 6.79. The summed E-state index contributed by atoms with van der Waals surface area (Å²) in [6, 6.07) is 0. The van der Waals surface area contributed by atoms with E-state index in [0.717, 1.165) is 12.8 Å². The van der Waals surface area contributed by atoms with Crippen LogP contribution >= 0.6 is 0 Å². The minimum atomic E-state index is 0.273. The number of ketones is 1. The minimum Gasteiger partial charge on any atom is -0.396 e. The van der Waals surface area contributed by atoms with E-state index in [4.69, 9.17) is 5.11 Å². The SMILES string of the molecule is C[C@H]1[C@@H](CO)[C@H]2CC(=O)[C@@H]1C2. The molecule has 1 N–H and O–H groups in total. The van der Waals surface area contributed by atoms with Crippen molar-refractivity contribution in [3.63, 3.8) is 0 Å². The first-order chi connectivity index (χ1) is 5.24. The van der Waals surface area contributed by atoms with Crippen LogP contribution in [0, 0.1) is 23.7 Å². The monoisotopic (exact) mass is 154 g/mol. The molecule has 2 nitrogen and oxygen atoms in total. The van der Waals surface area contributed by atoms with E-state index in [2.05, 4.69) is 6.92 Å². The van der Waals surface area contributed by atoms with Gasteiger partial charge in [0.25, 0.3) is 0 Å². The van der Waals surface area contributed by atoms with Gasteiger partial charge in [0.1, 0.15) is 5.78 Å². The molecule has 0 aromatic carbocycles. The van der Waals surface area contributed by atoms with Crippen molar-refractivity contribution >= 4 is 5.78 Å². The second-order valence-corrected chi connectivity index (χ2v) is 3.98. The van der Waals surface area contributed by atoms with E-state index in [9.17, 15) is 4.79 Å². The van der Waals surface area contributed by atoms with E-state index in [1.54, 1.807) is 0 Å². The van der Waals surface area contributed by atoms with Crippen LogP contribution in [0.15, 0.2) is 0 Å². The molecule has 2 rings (SSSR count). The largest absolute Gasteiger partial charge is 0.396 e. The first kappa shape index (κ1) is 7.29. The van der Waals surface area contributed by atoms with Crippen LogP contribution in [-0.4, -0.2) is 17.5 Å². The molecule has 0 aromatic heterocycles. The molecule has 0 radical (unpaired) electrons. The molecule has 0 heterocycles. The van der Waals surface area contributed by atoms with Crippen LogP contribution < -0.4 is 0 Å². The van der Waals surface area contributed by atoms with Crippen LogP contribution in [0.25, 0.3) is 0 Å². The number of hydrogen-bond donors (Lipinski definition) is 1. The lowest BCUT2D eigenvalue weighted by atomic mass is 9.80. The molecular weight excluding hydrogens is 140 g/mol. The Balaban J connectivity index is 2.17. The number of carbonyl (C=O) groups is 1. The fourth-order valence-electron chi connectivity index (χ4n) is 2.83. The molecule has 4 atom stereocenters. The highest BCUT2D eigenvalue weighted by Crippen LogP contribution is 2.49. The molecule has 0 spiro atoms. The number of rotatable bonds is 1. The Morgan fingerprint density at radius 1 is 1.64 bits per heavy atom.